The molecule has 0 aliphatic carbocycles. The Morgan fingerprint density at radius 3 is 2.32 bits per heavy atom. The van der Waals surface area contributed by atoms with Gasteiger partial charge in [0.1, 0.15) is 11.9 Å². The molecule has 8 heteroatoms. The van der Waals surface area contributed by atoms with E-state index in [1.807, 2.05) is 6.92 Å². The van der Waals surface area contributed by atoms with Crippen LogP contribution >= 0.6 is 0 Å². The number of hydrogen-bond donors (Lipinski definition) is 0. The first-order valence-electron chi connectivity index (χ1n) is 12.2. The topological polar surface area (TPSA) is 76.6 Å². The Morgan fingerprint density at radius 1 is 0.971 bits per heavy atom. The van der Waals surface area contributed by atoms with Crippen LogP contribution in [0.2, 0.25) is 0 Å². The van der Waals surface area contributed by atoms with Crippen molar-refractivity contribution >= 4 is 11.5 Å². The summed E-state index contributed by atoms with van der Waals surface area (Å²) in [6, 6.07) is 11.2. The van der Waals surface area contributed by atoms with Gasteiger partial charge < -0.3 is 9.80 Å². The number of aromatic nitrogens is 4. The number of anilines is 1. The van der Waals surface area contributed by atoms with Crippen LogP contribution in [-0.2, 0) is 19.5 Å². The van der Waals surface area contributed by atoms with Gasteiger partial charge in [-0.05, 0) is 43.4 Å². The van der Waals surface area contributed by atoms with Crippen molar-refractivity contribution in [2.45, 2.75) is 46.7 Å². The van der Waals surface area contributed by atoms with Gasteiger partial charge >= 0.3 is 0 Å². The van der Waals surface area contributed by atoms with Crippen LogP contribution in [-0.4, -0.2) is 69.2 Å². The van der Waals surface area contributed by atoms with Crippen molar-refractivity contribution in [1.82, 2.24) is 29.4 Å². The van der Waals surface area contributed by atoms with Crippen LogP contribution in [0.3, 0.4) is 0 Å². The van der Waals surface area contributed by atoms with E-state index in [0.717, 1.165) is 75.7 Å². The molecular formula is C26H34N8. The molecule has 4 heterocycles. The fraction of sp³-hybridized carbons (Fsp3) is 0.538. The average Bonchev–Trinajstić information content (AvgIpc) is 3.11. The summed E-state index contributed by atoms with van der Waals surface area (Å²) < 4.78 is 1.80. The molecular weight excluding hydrogens is 424 g/mol. The van der Waals surface area contributed by atoms with Gasteiger partial charge in [0, 0.05) is 51.4 Å². The SMILES string of the molecule is Cc1nc(C#N)nc2c3c(nn12)N(Cc1ccc(CN2CCN(C)CC2)cc1)CCC(C)(C)C3. The lowest BCUT2D eigenvalue weighted by Gasteiger charge is -2.32. The maximum absolute atomic E-state index is 9.39. The van der Waals surface area contributed by atoms with Gasteiger partial charge in [0.05, 0.1) is 0 Å². The molecule has 0 amide bonds. The smallest absolute Gasteiger partial charge is 0.235 e. The summed E-state index contributed by atoms with van der Waals surface area (Å²) in [7, 11) is 2.20. The van der Waals surface area contributed by atoms with Crippen LogP contribution in [0.4, 0.5) is 5.82 Å². The van der Waals surface area contributed by atoms with E-state index in [1.54, 1.807) is 4.52 Å². The number of benzene rings is 1. The highest BCUT2D eigenvalue weighted by Crippen LogP contribution is 2.37. The van der Waals surface area contributed by atoms with E-state index in [9.17, 15) is 5.26 Å². The molecule has 2 aromatic heterocycles. The second-order valence-electron chi connectivity index (χ2n) is 10.7. The van der Waals surface area contributed by atoms with Gasteiger partial charge in [-0.2, -0.15) is 14.8 Å². The van der Waals surface area contributed by atoms with Crippen molar-refractivity contribution in [3.8, 4) is 6.07 Å². The molecule has 0 atom stereocenters. The Labute approximate surface area is 201 Å². The summed E-state index contributed by atoms with van der Waals surface area (Å²) in [5.74, 6) is 1.87. The maximum Gasteiger partial charge on any atom is 0.235 e. The summed E-state index contributed by atoms with van der Waals surface area (Å²) >= 11 is 0. The standard InChI is InChI=1S/C26H34N8/c1-19-28-23(16-27)29-24-22-15-26(2,3)9-10-33(25(22)30-34(19)24)18-21-7-5-20(6-8-21)17-32-13-11-31(4)12-14-32/h5-8H,9-15,17-18H2,1-4H3. The molecule has 8 nitrogen and oxygen atoms in total. The Kier molecular flexibility index (Phi) is 6.00. The second-order valence-corrected chi connectivity index (χ2v) is 10.7. The number of aryl methyl sites for hydroxylation is 1. The lowest BCUT2D eigenvalue weighted by Crippen LogP contribution is -2.43. The summed E-state index contributed by atoms with van der Waals surface area (Å²) in [5, 5.41) is 14.3. The Hall–Kier alpha value is -3.02. The third-order valence-corrected chi connectivity index (χ3v) is 7.23. The summed E-state index contributed by atoms with van der Waals surface area (Å²) in [6.45, 7) is 13.8. The zero-order chi connectivity index (χ0) is 23.9. The maximum atomic E-state index is 9.39. The molecule has 1 aromatic carbocycles. The lowest BCUT2D eigenvalue weighted by atomic mass is 9.84. The number of hydrogen-bond acceptors (Lipinski definition) is 7. The van der Waals surface area contributed by atoms with E-state index in [4.69, 9.17) is 5.10 Å². The minimum Gasteiger partial charge on any atom is -0.350 e. The quantitative estimate of drug-likeness (QED) is 0.595. The van der Waals surface area contributed by atoms with Crippen LogP contribution in [0.5, 0.6) is 0 Å². The molecule has 2 aliphatic heterocycles. The van der Waals surface area contributed by atoms with Gasteiger partial charge in [0.15, 0.2) is 11.5 Å². The van der Waals surface area contributed by atoms with Gasteiger partial charge in [0.2, 0.25) is 5.82 Å². The fourth-order valence-electron chi connectivity index (χ4n) is 5.06. The van der Waals surface area contributed by atoms with Crippen molar-refractivity contribution in [2.24, 2.45) is 5.41 Å². The average molecular weight is 459 g/mol. The largest absolute Gasteiger partial charge is 0.350 e. The van der Waals surface area contributed by atoms with Crippen molar-refractivity contribution in [3.05, 3.63) is 52.6 Å². The van der Waals surface area contributed by atoms with E-state index < -0.39 is 0 Å². The molecule has 0 radical (unpaired) electrons. The molecule has 0 saturated carbocycles. The predicted molar refractivity (Wildman–Crippen MR) is 133 cm³/mol. The molecule has 0 N–H and O–H groups in total. The number of likely N-dealkylation sites (N-methyl/N-ethyl adjacent to an activating group) is 1. The molecule has 1 saturated heterocycles. The minimum atomic E-state index is 0.130. The van der Waals surface area contributed by atoms with E-state index in [0.29, 0.717) is 5.82 Å². The predicted octanol–water partition coefficient (Wildman–Crippen LogP) is 3.03. The van der Waals surface area contributed by atoms with Crippen molar-refractivity contribution in [1.29, 1.82) is 5.26 Å². The highest BCUT2D eigenvalue weighted by Gasteiger charge is 2.32. The van der Waals surface area contributed by atoms with Crippen molar-refractivity contribution in [3.63, 3.8) is 0 Å². The van der Waals surface area contributed by atoms with Crippen LogP contribution in [0.1, 0.15) is 48.6 Å². The first-order valence-corrected chi connectivity index (χ1v) is 12.2. The Morgan fingerprint density at radius 2 is 1.65 bits per heavy atom. The normalized spacial score (nSPS) is 19.1. The van der Waals surface area contributed by atoms with Crippen molar-refractivity contribution in [2.75, 3.05) is 44.7 Å². The fourth-order valence-corrected chi connectivity index (χ4v) is 5.06. The first kappa shape index (κ1) is 22.8. The van der Waals surface area contributed by atoms with Crippen LogP contribution in [0.15, 0.2) is 24.3 Å². The van der Waals surface area contributed by atoms with Gasteiger partial charge in [-0.3, -0.25) is 4.90 Å². The van der Waals surface area contributed by atoms with Crippen LogP contribution in [0.25, 0.3) is 5.65 Å². The highest BCUT2D eigenvalue weighted by atomic mass is 15.4. The van der Waals surface area contributed by atoms with Gasteiger partial charge in [-0.1, -0.05) is 38.1 Å². The lowest BCUT2D eigenvalue weighted by molar-refractivity contribution is 0.148. The monoisotopic (exact) mass is 458 g/mol. The van der Waals surface area contributed by atoms with E-state index in [-0.39, 0.29) is 11.2 Å². The second kappa shape index (κ2) is 8.97. The number of rotatable bonds is 4. The number of nitriles is 1. The molecule has 0 unspecified atom stereocenters. The summed E-state index contributed by atoms with van der Waals surface area (Å²) in [5.41, 5.74) is 4.67. The van der Waals surface area contributed by atoms with E-state index in [1.165, 1.54) is 11.1 Å². The summed E-state index contributed by atoms with van der Waals surface area (Å²) in [6.07, 6.45) is 1.96. The highest BCUT2D eigenvalue weighted by molar-refractivity contribution is 5.64. The van der Waals surface area contributed by atoms with Crippen molar-refractivity contribution < 1.29 is 0 Å². The third kappa shape index (κ3) is 4.63. The Balaban J connectivity index is 1.40. The molecule has 1 fully saturated rings. The number of nitrogens with zero attached hydrogens (tertiary/aromatic N) is 8. The number of piperazine rings is 1. The molecule has 3 aromatic rings. The zero-order valence-electron chi connectivity index (χ0n) is 20.8. The molecule has 5 rings (SSSR count). The van der Waals surface area contributed by atoms with Crippen LogP contribution < -0.4 is 4.90 Å². The van der Waals surface area contributed by atoms with E-state index >= 15 is 0 Å². The minimum absolute atomic E-state index is 0.130. The number of fused-ring (bicyclic) bond motifs is 3. The first-order chi connectivity index (χ1) is 16.3. The van der Waals surface area contributed by atoms with Gasteiger partial charge in [0.25, 0.3) is 0 Å². The summed E-state index contributed by atoms with van der Waals surface area (Å²) in [4.78, 5) is 16.1. The molecule has 178 valence electrons. The zero-order valence-corrected chi connectivity index (χ0v) is 20.8. The van der Waals surface area contributed by atoms with Crippen LogP contribution in [0, 0.1) is 23.7 Å². The third-order valence-electron chi connectivity index (χ3n) is 7.23. The van der Waals surface area contributed by atoms with Gasteiger partial charge in [-0.25, -0.2) is 4.98 Å². The molecule has 0 bridgehead atoms. The van der Waals surface area contributed by atoms with Gasteiger partial charge in [-0.15, -0.1) is 5.10 Å². The molecule has 0 spiro atoms. The van der Waals surface area contributed by atoms with E-state index in [2.05, 4.69) is 75.9 Å². The Bertz CT molecular complexity index is 1210. The molecule has 34 heavy (non-hydrogen) atoms. The molecule has 2 aliphatic rings.